The molecular formula is C35H38N2O4S. The van der Waals surface area contributed by atoms with E-state index in [1.807, 2.05) is 30.5 Å². The Morgan fingerprint density at radius 3 is 2.52 bits per heavy atom. The molecule has 0 bridgehead atoms. The molecule has 1 saturated heterocycles. The van der Waals surface area contributed by atoms with Crippen LogP contribution in [0.5, 0.6) is 0 Å². The highest BCUT2D eigenvalue weighted by atomic mass is 32.2. The number of allylic oxidation sites excluding steroid dienone is 2. The lowest BCUT2D eigenvalue weighted by molar-refractivity contribution is -0.148. The monoisotopic (exact) mass is 582 g/mol. The first kappa shape index (κ1) is 27.7. The molecule has 4 fully saturated rings. The summed E-state index contributed by atoms with van der Waals surface area (Å²) in [6.07, 6.45) is 8.29. The Kier molecular flexibility index (Phi) is 6.93. The number of ketones is 2. The molecule has 2 unspecified atom stereocenters. The van der Waals surface area contributed by atoms with E-state index in [4.69, 9.17) is 0 Å². The lowest BCUT2D eigenvalue weighted by atomic mass is 9.68. The van der Waals surface area contributed by atoms with Crippen molar-refractivity contribution in [3.63, 3.8) is 0 Å². The van der Waals surface area contributed by atoms with Crippen molar-refractivity contribution in [1.29, 1.82) is 0 Å². The normalized spacial score (nSPS) is 33.0. The molecule has 2 aromatic rings. The number of rotatable bonds is 7. The minimum absolute atomic E-state index is 0.00628. The molecule has 2 aromatic carbocycles. The van der Waals surface area contributed by atoms with E-state index in [2.05, 4.69) is 53.4 Å². The van der Waals surface area contributed by atoms with Crippen molar-refractivity contribution in [1.82, 2.24) is 9.80 Å². The van der Waals surface area contributed by atoms with Gasteiger partial charge in [0.25, 0.3) is 5.91 Å². The molecule has 42 heavy (non-hydrogen) atoms. The number of fused-ring (bicyclic) bond motifs is 3. The molecule has 2 aliphatic heterocycles. The molecule has 3 aliphatic carbocycles. The van der Waals surface area contributed by atoms with Crippen LogP contribution in [0.15, 0.2) is 76.9 Å². The topological polar surface area (TPSA) is 77.9 Å². The number of amides is 1. The van der Waals surface area contributed by atoms with Gasteiger partial charge in [-0.25, -0.2) is 0 Å². The van der Waals surface area contributed by atoms with Gasteiger partial charge in [0.1, 0.15) is 5.78 Å². The summed E-state index contributed by atoms with van der Waals surface area (Å²) in [7, 11) is 0. The number of Topliss-reactive ketones (excluding diaryl/α,β-unsaturated/α-hetero) is 1. The largest absolute Gasteiger partial charge is 0.504 e. The minimum Gasteiger partial charge on any atom is -0.504 e. The summed E-state index contributed by atoms with van der Waals surface area (Å²) in [5.74, 6) is 0.547. The van der Waals surface area contributed by atoms with Crippen molar-refractivity contribution in [3.05, 3.63) is 88.7 Å². The minimum atomic E-state index is -0.545. The molecule has 0 spiro atoms. The number of nitrogens with zero attached hydrogens (tertiary/aromatic N) is 2. The van der Waals surface area contributed by atoms with Gasteiger partial charge in [0, 0.05) is 34.1 Å². The molecule has 0 radical (unpaired) electrons. The van der Waals surface area contributed by atoms with Crippen LogP contribution in [0.1, 0.15) is 75.1 Å². The third-order valence-electron chi connectivity index (χ3n) is 10.6. The summed E-state index contributed by atoms with van der Waals surface area (Å²) in [4.78, 5) is 45.8. The predicted octanol–water partition coefficient (Wildman–Crippen LogP) is 6.37. The first-order valence-corrected chi connectivity index (χ1v) is 16.4. The third-order valence-corrected chi connectivity index (χ3v) is 11.7. The van der Waals surface area contributed by atoms with E-state index in [1.54, 1.807) is 6.08 Å². The highest BCUT2D eigenvalue weighted by molar-refractivity contribution is 7.98. The molecule has 6 nitrogen and oxygen atoms in total. The van der Waals surface area contributed by atoms with Gasteiger partial charge in [0.05, 0.1) is 18.3 Å². The molecule has 7 rings (SSSR count). The summed E-state index contributed by atoms with van der Waals surface area (Å²) in [6.45, 7) is 4.22. The van der Waals surface area contributed by atoms with Gasteiger partial charge in [-0.15, -0.1) is 11.8 Å². The van der Waals surface area contributed by atoms with Crippen molar-refractivity contribution in [2.45, 2.75) is 81.1 Å². The van der Waals surface area contributed by atoms with Crippen molar-refractivity contribution in [2.24, 2.45) is 17.3 Å². The van der Waals surface area contributed by atoms with Gasteiger partial charge in [-0.2, -0.15) is 0 Å². The third kappa shape index (κ3) is 4.31. The number of hydrogen-bond donors (Lipinski definition) is 1. The number of thioether (sulfide) groups is 1. The van der Waals surface area contributed by atoms with Crippen LogP contribution in [0.25, 0.3) is 0 Å². The van der Waals surface area contributed by atoms with E-state index >= 15 is 0 Å². The first-order chi connectivity index (χ1) is 20.3. The maximum atomic E-state index is 14.1. The van der Waals surface area contributed by atoms with Crippen LogP contribution >= 0.6 is 11.8 Å². The van der Waals surface area contributed by atoms with Crippen LogP contribution in [0.3, 0.4) is 0 Å². The SMILES string of the molecule is CC/C=C\C(=O)/C(O)=C1/C(=O)N(C2CC(C(=O)C34CC[C@H]3C4)C2)CN([C@H]2c3ccccc3CSc3ccccc32)C1C. The average Bonchev–Trinajstić information content (AvgIpc) is 3.57. The maximum absolute atomic E-state index is 14.1. The Morgan fingerprint density at radius 2 is 1.83 bits per heavy atom. The second-order valence-electron chi connectivity index (χ2n) is 12.8. The standard InChI is InChI=1S/C35H38N2O4S/c1-3-4-12-28(38)32(39)30-21(2)36(31-26-10-6-5-9-22(26)19-42-29-13-8-7-11-27(29)31)20-37(34(30)41)25-16-23(17-25)33(40)35-15-14-24(35)18-35/h4-13,21,23-25,31,39H,3,14-20H2,1-2H3/b12-4-,32-30-/t21?,23?,24-,25?,31-,35?/m0/s1. The Hall–Kier alpha value is -3.16. The molecule has 3 saturated carbocycles. The van der Waals surface area contributed by atoms with E-state index < -0.39 is 17.6 Å². The van der Waals surface area contributed by atoms with Crippen LogP contribution in [0, 0.1) is 17.3 Å². The zero-order valence-corrected chi connectivity index (χ0v) is 25.1. The lowest BCUT2D eigenvalue weighted by Gasteiger charge is -2.51. The second-order valence-corrected chi connectivity index (χ2v) is 13.8. The van der Waals surface area contributed by atoms with Gasteiger partial charge in [0.2, 0.25) is 5.78 Å². The number of carbonyl (C=O) groups excluding carboxylic acids is 3. The van der Waals surface area contributed by atoms with Crippen LogP contribution in [-0.4, -0.2) is 51.1 Å². The highest BCUT2D eigenvalue weighted by Crippen LogP contribution is 2.69. The summed E-state index contributed by atoms with van der Waals surface area (Å²) >= 11 is 1.81. The van der Waals surface area contributed by atoms with Crippen molar-refractivity contribution in [2.75, 3.05) is 6.67 Å². The van der Waals surface area contributed by atoms with Gasteiger partial charge in [-0.05, 0) is 80.2 Å². The number of hydrogen-bond acceptors (Lipinski definition) is 6. The lowest BCUT2D eigenvalue weighted by Crippen LogP contribution is -2.61. The molecule has 0 aromatic heterocycles. The summed E-state index contributed by atoms with van der Waals surface area (Å²) in [6, 6.07) is 16.1. The van der Waals surface area contributed by atoms with E-state index in [1.165, 1.54) is 28.5 Å². The zero-order valence-electron chi connectivity index (χ0n) is 24.3. The van der Waals surface area contributed by atoms with Gasteiger partial charge >= 0.3 is 0 Å². The van der Waals surface area contributed by atoms with Gasteiger partial charge < -0.3 is 10.0 Å². The Morgan fingerprint density at radius 1 is 1.10 bits per heavy atom. The Balaban J connectivity index is 1.27. The van der Waals surface area contributed by atoms with E-state index in [0.29, 0.717) is 37.6 Å². The molecule has 7 heteroatoms. The summed E-state index contributed by atoms with van der Waals surface area (Å²) in [5.41, 5.74) is 3.68. The van der Waals surface area contributed by atoms with E-state index in [9.17, 15) is 19.5 Å². The Bertz CT molecular complexity index is 1470. The number of carbonyl (C=O) groups is 3. The summed E-state index contributed by atoms with van der Waals surface area (Å²) in [5, 5.41) is 11.3. The van der Waals surface area contributed by atoms with Crippen molar-refractivity contribution < 1.29 is 19.5 Å². The maximum Gasteiger partial charge on any atom is 0.256 e. The number of aliphatic hydroxyl groups is 1. The second kappa shape index (κ2) is 10.5. The van der Waals surface area contributed by atoms with Crippen LogP contribution < -0.4 is 0 Å². The van der Waals surface area contributed by atoms with Crippen molar-refractivity contribution >= 4 is 29.2 Å². The predicted molar refractivity (Wildman–Crippen MR) is 163 cm³/mol. The van der Waals surface area contributed by atoms with Crippen molar-refractivity contribution in [3.8, 4) is 0 Å². The molecule has 218 valence electrons. The van der Waals surface area contributed by atoms with E-state index in [0.717, 1.165) is 24.2 Å². The summed E-state index contributed by atoms with van der Waals surface area (Å²) < 4.78 is 0. The van der Waals surface area contributed by atoms with E-state index in [-0.39, 0.29) is 34.9 Å². The average molecular weight is 583 g/mol. The van der Waals surface area contributed by atoms with Gasteiger partial charge in [0.15, 0.2) is 5.76 Å². The molecule has 1 amide bonds. The fourth-order valence-corrected chi connectivity index (χ4v) is 8.90. The first-order valence-electron chi connectivity index (χ1n) is 15.4. The molecule has 4 atom stereocenters. The van der Waals surface area contributed by atoms with Crippen LogP contribution in [0.4, 0.5) is 0 Å². The van der Waals surface area contributed by atoms with Gasteiger partial charge in [-0.1, -0.05) is 55.5 Å². The molecule has 2 heterocycles. The molecular weight excluding hydrogens is 544 g/mol. The van der Waals surface area contributed by atoms with Crippen LogP contribution in [0.2, 0.25) is 0 Å². The highest BCUT2D eigenvalue weighted by Gasteiger charge is 2.67. The fourth-order valence-electron chi connectivity index (χ4n) is 7.80. The van der Waals surface area contributed by atoms with Crippen LogP contribution in [-0.2, 0) is 20.1 Å². The van der Waals surface area contributed by atoms with Gasteiger partial charge in [-0.3, -0.25) is 19.3 Å². The zero-order chi connectivity index (χ0) is 29.2. The molecule has 1 N–H and O–H groups in total. The number of benzene rings is 2. The fraction of sp³-hybridized carbons (Fsp3) is 0.457. The molecule has 5 aliphatic rings. The quantitative estimate of drug-likeness (QED) is 0.302. The number of aliphatic hydroxyl groups excluding tert-OH is 1. The smallest absolute Gasteiger partial charge is 0.256 e. The Labute approximate surface area is 251 Å².